The van der Waals surface area contributed by atoms with Crippen molar-refractivity contribution in [3.05, 3.63) is 24.0 Å². The Morgan fingerprint density at radius 3 is 2.50 bits per heavy atom. The van der Waals surface area contributed by atoms with E-state index in [9.17, 15) is 0 Å². The third kappa shape index (κ3) is 3.81. The summed E-state index contributed by atoms with van der Waals surface area (Å²) in [4.78, 5) is 4.32. The summed E-state index contributed by atoms with van der Waals surface area (Å²) in [5.74, 6) is 1.19. The van der Waals surface area contributed by atoms with Gasteiger partial charge in [-0.1, -0.05) is 27.7 Å². The lowest BCUT2D eigenvalue weighted by atomic mass is 9.97. The van der Waals surface area contributed by atoms with E-state index < -0.39 is 0 Å². The second kappa shape index (κ2) is 5.30. The maximum Gasteiger partial charge on any atom is 0.137 e. The Hall–Kier alpha value is -1.09. The molecule has 0 atom stereocenters. The number of ether oxygens (including phenoxy) is 1. The van der Waals surface area contributed by atoms with E-state index in [1.54, 1.807) is 6.20 Å². The summed E-state index contributed by atoms with van der Waals surface area (Å²) in [5.41, 5.74) is 0.852. The number of aliphatic hydroxyl groups excluding tert-OH is 1. The topological polar surface area (TPSA) is 42.4 Å². The van der Waals surface area contributed by atoms with Crippen LogP contribution in [0.4, 0.5) is 0 Å². The molecule has 0 saturated heterocycles. The zero-order chi connectivity index (χ0) is 12.2. The standard InChI is InChI=1S/C13H21NO2/c1-10(2)12-6-5-11(7-14-12)16-9-13(3,4)8-15/h5-7,10,15H,8-9H2,1-4H3. The number of hydrogen-bond donors (Lipinski definition) is 1. The second-order valence-corrected chi connectivity index (χ2v) is 5.18. The highest BCUT2D eigenvalue weighted by atomic mass is 16.5. The van der Waals surface area contributed by atoms with Gasteiger partial charge in [-0.3, -0.25) is 4.98 Å². The Bertz CT molecular complexity index is 317. The summed E-state index contributed by atoms with van der Waals surface area (Å²) in [7, 11) is 0. The Balaban J connectivity index is 2.56. The first-order valence-electron chi connectivity index (χ1n) is 5.64. The lowest BCUT2D eigenvalue weighted by molar-refractivity contribution is 0.0973. The highest BCUT2D eigenvalue weighted by molar-refractivity contribution is 5.21. The van der Waals surface area contributed by atoms with Crippen LogP contribution in [0.3, 0.4) is 0 Å². The van der Waals surface area contributed by atoms with Crippen molar-refractivity contribution < 1.29 is 9.84 Å². The molecule has 1 rings (SSSR count). The van der Waals surface area contributed by atoms with E-state index >= 15 is 0 Å². The molecule has 1 aromatic heterocycles. The fourth-order valence-corrected chi connectivity index (χ4v) is 1.14. The normalized spacial score (nSPS) is 11.9. The van der Waals surface area contributed by atoms with Crippen molar-refractivity contribution >= 4 is 0 Å². The predicted molar refractivity (Wildman–Crippen MR) is 64.7 cm³/mol. The van der Waals surface area contributed by atoms with Crippen molar-refractivity contribution in [1.82, 2.24) is 4.98 Å². The highest BCUT2D eigenvalue weighted by Crippen LogP contribution is 2.19. The summed E-state index contributed by atoms with van der Waals surface area (Å²) in [6, 6.07) is 3.90. The van der Waals surface area contributed by atoms with Crippen molar-refractivity contribution in [2.45, 2.75) is 33.6 Å². The smallest absolute Gasteiger partial charge is 0.137 e. The third-order valence-electron chi connectivity index (χ3n) is 2.41. The van der Waals surface area contributed by atoms with Gasteiger partial charge >= 0.3 is 0 Å². The first kappa shape index (κ1) is 13.0. The van der Waals surface area contributed by atoms with E-state index in [-0.39, 0.29) is 12.0 Å². The van der Waals surface area contributed by atoms with Gasteiger partial charge in [-0.15, -0.1) is 0 Å². The quantitative estimate of drug-likeness (QED) is 0.834. The van der Waals surface area contributed by atoms with Crippen LogP contribution in [0.5, 0.6) is 5.75 Å². The van der Waals surface area contributed by atoms with Crippen molar-refractivity contribution in [3.63, 3.8) is 0 Å². The molecule has 0 amide bonds. The Morgan fingerprint density at radius 1 is 1.38 bits per heavy atom. The minimum Gasteiger partial charge on any atom is -0.491 e. The van der Waals surface area contributed by atoms with Gasteiger partial charge in [-0.25, -0.2) is 0 Å². The molecule has 0 aliphatic rings. The predicted octanol–water partition coefficient (Wildman–Crippen LogP) is 2.60. The number of aliphatic hydroxyl groups is 1. The molecule has 0 aliphatic heterocycles. The Morgan fingerprint density at radius 2 is 2.06 bits per heavy atom. The van der Waals surface area contributed by atoms with Gasteiger partial charge in [-0.2, -0.15) is 0 Å². The molecule has 3 heteroatoms. The van der Waals surface area contributed by atoms with E-state index in [1.165, 1.54) is 0 Å². The number of pyridine rings is 1. The maximum absolute atomic E-state index is 9.09. The van der Waals surface area contributed by atoms with E-state index in [1.807, 2.05) is 26.0 Å². The summed E-state index contributed by atoms with van der Waals surface area (Å²) < 4.78 is 5.57. The van der Waals surface area contributed by atoms with E-state index in [0.717, 1.165) is 11.4 Å². The third-order valence-corrected chi connectivity index (χ3v) is 2.41. The number of rotatable bonds is 5. The maximum atomic E-state index is 9.09. The van der Waals surface area contributed by atoms with Crippen LogP contribution >= 0.6 is 0 Å². The molecular formula is C13H21NO2. The van der Waals surface area contributed by atoms with E-state index in [4.69, 9.17) is 9.84 Å². The van der Waals surface area contributed by atoms with Crippen LogP contribution in [-0.4, -0.2) is 23.3 Å². The van der Waals surface area contributed by atoms with Gasteiger partial charge < -0.3 is 9.84 Å². The SMILES string of the molecule is CC(C)c1ccc(OCC(C)(C)CO)cn1. The lowest BCUT2D eigenvalue weighted by Crippen LogP contribution is -2.25. The zero-order valence-electron chi connectivity index (χ0n) is 10.5. The van der Waals surface area contributed by atoms with Gasteiger partial charge in [-0.05, 0) is 18.1 Å². The molecule has 0 aliphatic carbocycles. The number of nitrogens with zero attached hydrogens (tertiary/aromatic N) is 1. The molecule has 0 bridgehead atoms. The first-order chi connectivity index (χ1) is 7.44. The fraction of sp³-hybridized carbons (Fsp3) is 0.615. The summed E-state index contributed by atoms with van der Waals surface area (Å²) in [6.45, 7) is 8.75. The number of hydrogen-bond acceptors (Lipinski definition) is 3. The average Bonchev–Trinajstić information content (AvgIpc) is 2.27. The van der Waals surface area contributed by atoms with Crippen LogP contribution < -0.4 is 4.74 Å². The molecule has 0 aromatic carbocycles. The molecule has 90 valence electrons. The fourth-order valence-electron chi connectivity index (χ4n) is 1.14. The van der Waals surface area contributed by atoms with Crippen LogP contribution in [0.1, 0.15) is 39.3 Å². The summed E-state index contributed by atoms with van der Waals surface area (Å²) >= 11 is 0. The Labute approximate surface area is 97.5 Å². The molecule has 0 fully saturated rings. The minimum atomic E-state index is -0.212. The minimum absolute atomic E-state index is 0.116. The van der Waals surface area contributed by atoms with Crippen LogP contribution in [0.15, 0.2) is 18.3 Å². The average molecular weight is 223 g/mol. The van der Waals surface area contributed by atoms with E-state index in [0.29, 0.717) is 12.5 Å². The van der Waals surface area contributed by atoms with Crippen molar-refractivity contribution in [2.24, 2.45) is 5.41 Å². The molecule has 1 N–H and O–H groups in total. The highest BCUT2D eigenvalue weighted by Gasteiger charge is 2.17. The molecule has 1 aromatic rings. The molecule has 0 saturated carbocycles. The van der Waals surface area contributed by atoms with E-state index in [2.05, 4.69) is 18.8 Å². The van der Waals surface area contributed by atoms with Gasteiger partial charge in [0.1, 0.15) is 5.75 Å². The van der Waals surface area contributed by atoms with Gasteiger partial charge in [0.2, 0.25) is 0 Å². The van der Waals surface area contributed by atoms with Crippen molar-refractivity contribution in [2.75, 3.05) is 13.2 Å². The molecule has 1 heterocycles. The molecular weight excluding hydrogens is 202 g/mol. The molecule has 3 nitrogen and oxygen atoms in total. The van der Waals surface area contributed by atoms with Crippen molar-refractivity contribution in [3.8, 4) is 5.75 Å². The van der Waals surface area contributed by atoms with Crippen LogP contribution in [-0.2, 0) is 0 Å². The van der Waals surface area contributed by atoms with Crippen LogP contribution in [0, 0.1) is 5.41 Å². The van der Waals surface area contributed by atoms with Crippen molar-refractivity contribution in [1.29, 1.82) is 0 Å². The largest absolute Gasteiger partial charge is 0.491 e. The summed E-state index contributed by atoms with van der Waals surface area (Å²) in [5, 5.41) is 9.09. The molecule has 0 unspecified atom stereocenters. The zero-order valence-corrected chi connectivity index (χ0v) is 10.5. The van der Waals surface area contributed by atoms with Gasteiger partial charge in [0.05, 0.1) is 19.4 Å². The second-order valence-electron chi connectivity index (χ2n) is 5.18. The van der Waals surface area contributed by atoms with Gasteiger partial charge in [0.25, 0.3) is 0 Å². The number of aromatic nitrogens is 1. The lowest BCUT2D eigenvalue weighted by Gasteiger charge is -2.21. The molecule has 16 heavy (non-hydrogen) atoms. The summed E-state index contributed by atoms with van der Waals surface area (Å²) in [6.07, 6.45) is 1.74. The van der Waals surface area contributed by atoms with Gasteiger partial charge in [0.15, 0.2) is 0 Å². The molecule has 0 spiro atoms. The van der Waals surface area contributed by atoms with Crippen LogP contribution in [0.2, 0.25) is 0 Å². The Kier molecular flexibility index (Phi) is 4.30. The first-order valence-corrected chi connectivity index (χ1v) is 5.64. The monoisotopic (exact) mass is 223 g/mol. The van der Waals surface area contributed by atoms with Crippen LogP contribution in [0.25, 0.3) is 0 Å². The van der Waals surface area contributed by atoms with Gasteiger partial charge in [0, 0.05) is 11.1 Å². The molecule has 0 radical (unpaired) electrons.